The highest BCUT2D eigenvalue weighted by Gasteiger charge is 2.78. The maximum atomic E-state index is 13.9. The van der Waals surface area contributed by atoms with Gasteiger partial charge in [-0.1, -0.05) is 36.4 Å². The van der Waals surface area contributed by atoms with Gasteiger partial charge >= 0.3 is 0 Å². The molecule has 40 heavy (non-hydrogen) atoms. The number of piperazine rings is 2. The smallest absolute Gasteiger partial charge is 0.247 e. The molecule has 6 heterocycles. The summed E-state index contributed by atoms with van der Waals surface area (Å²) in [5.41, 5.74) is 2.32. The average molecular weight is 541 g/mol. The molecule has 0 saturated carbocycles. The van der Waals surface area contributed by atoms with E-state index in [2.05, 4.69) is 22.8 Å². The van der Waals surface area contributed by atoms with E-state index >= 15 is 0 Å². The van der Waals surface area contributed by atoms with Crippen molar-refractivity contribution < 1.29 is 19.2 Å². The number of anilines is 2. The standard InChI is InChI=1S/C30H32N6O4/c1-15-23(37)35-21(25(39)33(15)3)13-29(17-9-5-7-11-19(17)31-27(29)35)30-14-22-26(40)34(4)16(2)24(38)36(22)28(30)32-20-12-8-6-10-18(20)30/h5-12,15-16,21-22,27-28,31-32H,13-14H2,1-4H3/t15-,16-,21-,22-,27+,28+,29-,30-/m0/s1. The third-order valence-corrected chi connectivity index (χ3v) is 11.0. The second kappa shape index (κ2) is 7.35. The Morgan fingerprint density at radius 3 is 1.40 bits per heavy atom. The quantitative estimate of drug-likeness (QED) is 0.565. The van der Waals surface area contributed by atoms with E-state index in [0.29, 0.717) is 12.8 Å². The highest BCUT2D eigenvalue weighted by Crippen LogP contribution is 2.69. The summed E-state index contributed by atoms with van der Waals surface area (Å²) in [6.07, 6.45) is -0.242. The number of likely N-dealkylation sites (N-methyl/N-ethyl adjacent to an activating group) is 2. The molecule has 2 aromatic rings. The molecule has 2 aromatic carbocycles. The Bertz CT molecular complexity index is 1430. The molecule has 0 bridgehead atoms. The maximum absolute atomic E-state index is 13.9. The van der Waals surface area contributed by atoms with Gasteiger partial charge in [0, 0.05) is 25.5 Å². The molecule has 2 N–H and O–H groups in total. The van der Waals surface area contributed by atoms with Crippen LogP contribution in [-0.4, -0.2) is 93.8 Å². The van der Waals surface area contributed by atoms with Gasteiger partial charge in [-0.05, 0) is 49.9 Å². The van der Waals surface area contributed by atoms with Crippen molar-refractivity contribution in [3.8, 4) is 0 Å². The van der Waals surface area contributed by atoms with Crippen LogP contribution < -0.4 is 10.6 Å². The molecule has 0 radical (unpaired) electrons. The molecule has 8 rings (SSSR count). The van der Waals surface area contributed by atoms with E-state index in [4.69, 9.17) is 0 Å². The van der Waals surface area contributed by atoms with Crippen LogP contribution in [0.3, 0.4) is 0 Å². The fraction of sp³-hybridized carbons (Fsp3) is 0.467. The lowest BCUT2D eigenvalue weighted by Crippen LogP contribution is -2.66. The van der Waals surface area contributed by atoms with Crippen LogP contribution in [0.25, 0.3) is 0 Å². The average Bonchev–Trinajstić information content (AvgIpc) is 3.66. The summed E-state index contributed by atoms with van der Waals surface area (Å²) >= 11 is 0. The minimum absolute atomic E-state index is 0.0800. The zero-order chi connectivity index (χ0) is 27.9. The normalized spacial score (nSPS) is 38.9. The number of nitrogens with one attached hydrogen (secondary N) is 2. The van der Waals surface area contributed by atoms with E-state index in [1.54, 1.807) is 47.5 Å². The predicted octanol–water partition coefficient (Wildman–Crippen LogP) is 1.29. The summed E-state index contributed by atoms with van der Waals surface area (Å²) < 4.78 is 0. The first-order chi connectivity index (χ1) is 19.1. The van der Waals surface area contributed by atoms with Crippen LogP contribution in [0.15, 0.2) is 48.5 Å². The van der Waals surface area contributed by atoms with Gasteiger partial charge in [0.15, 0.2) is 0 Å². The zero-order valence-electron chi connectivity index (χ0n) is 22.9. The van der Waals surface area contributed by atoms with Crippen LogP contribution in [0.2, 0.25) is 0 Å². The number of carbonyl (C=O) groups excluding carboxylic acids is 4. The molecule has 4 fully saturated rings. The lowest BCUT2D eigenvalue weighted by molar-refractivity contribution is -0.158. The van der Waals surface area contributed by atoms with E-state index in [9.17, 15) is 19.2 Å². The van der Waals surface area contributed by atoms with Crippen molar-refractivity contribution in [3.63, 3.8) is 0 Å². The van der Waals surface area contributed by atoms with Gasteiger partial charge in [-0.3, -0.25) is 19.2 Å². The van der Waals surface area contributed by atoms with Crippen molar-refractivity contribution in [2.75, 3.05) is 24.7 Å². The Balaban J connectivity index is 1.43. The summed E-state index contributed by atoms with van der Waals surface area (Å²) in [6, 6.07) is 13.7. The Morgan fingerprint density at radius 1 is 0.625 bits per heavy atom. The van der Waals surface area contributed by atoms with Crippen LogP contribution in [-0.2, 0) is 30.0 Å². The van der Waals surface area contributed by atoms with E-state index < -0.39 is 47.3 Å². The van der Waals surface area contributed by atoms with E-state index in [0.717, 1.165) is 22.5 Å². The number of nitrogens with zero attached hydrogens (tertiary/aromatic N) is 4. The molecule has 0 unspecified atom stereocenters. The summed E-state index contributed by atoms with van der Waals surface area (Å²) in [6.45, 7) is 3.55. The molecule has 206 valence electrons. The van der Waals surface area contributed by atoms with Gasteiger partial charge in [-0.25, -0.2) is 0 Å². The number of amides is 4. The monoisotopic (exact) mass is 540 g/mol. The molecule has 10 nitrogen and oxygen atoms in total. The van der Waals surface area contributed by atoms with Crippen molar-refractivity contribution in [2.24, 2.45) is 0 Å². The number of hydrogen-bond acceptors (Lipinski definition) is 6. The van der Waals surface area contributed by atoms with Crippen LogP contribution >= 0.6 is 0 Å². The second-order valence-electron chi connectivity index (χ2n) is 12.3. The summed E-state index contributed by atoms with van der Waals surface area (Å²) in [5.74, 6) is -0.349. The second-order valence-corrected chi connectivity index (χ2v) is 12.3. The number of hydrogen-bond donors (Lipinski definition) is 2. The van der Waals surface area contributed by atoms with Crippen molar-refractivity contribution in [2.45, 2.75) is 74.0 Å². The van der Waals surface area contributed by atoms with Crippen LogP contribution in [0.5, 0.6) is 0 Å². The molecule has 0 aliphatic carbocycles. The molecule has 0 spiro atoms. The predicted molar refractivity (Wildman–Crippen MR) is 146 cm³/mol. The largest absolute Gasteiger partial charge is 0.364 e. The highest BCUT2D eigenvalue weighted by molar-refractivity contribution is 6.00. The van der Waals surface area contributed by atoms with Crippen LogP contribution in [0.1, 0.15) is 37.8 Å². The van der Waals surface area contributed by atoms with Crippen molar-refractivity contribution in [1.29, 1.82) is 0 Å². The SMILES string of the molecule is C[C@H]1C(=O)N2[C@H]3Nc4ccccc4[C@@]3([C@]34C[C@H]5C(=O)N(C)[C@@H](C)C(=O)N5[C@H]3Nc3ccccc34)C[C@H]2C(=O)N1C. The van der Waals surface area contributed by atoms with Gasteiger partial charge in [-0.15, -0.1) is 0 Å². The van der Waals surface area contributed by atoms with Crippen molar-refractivity contribution in [1.82, 2.24) is 19.6 Å². The third-order valence-electron chi connectivity index (χ3n) is 11.0. The van der Waals surface area contributed by atoms with Crippen LogP contribution in [0.4, 0.5) is 11.4 Å². The number of carbonyl (C=O) groups is 4. The topological polar surface area (TPSA) is 105 Å². The first kappa shape index (κ1) is 23.8. The fourth-order valence-corrected chi connectivity index (χ4v) is 8.98. The zero-order valence-corrected chi connectivity index (χ0v) is 22.9. The molecule has 10 heteroatoms. The summed E-state index contributed by atoms with van der Waals surface area (Å²) in [4.78, 5) is 62.1. The van der Waals surface area contributed by atoms with E-state index in [1.165, 1.54) is 0 Å². The highest BCUT2D eigenvalue weighted by atomic mass is 16.2. The Kier molecular flexibility index (Phi) is 4.37. The lowest BCUT2D eigenvalue weighted by Gasteiger charge is -2.48. The van der Waals surface area contributed by atoms with Crippen molar-refractivity contribution >= 4 is 35.0 Å². The molecule has 8 atom stereocenters. The lowest BCUT2D eigenvalue weighted by atomic mass is 9.54. The van der Waals surface area contributed by atoms with Gasteiger partial charge in [0.2, 0.25) is 23.6 Å². The molecule has 6 aliphatic heterocycles. The molecule has 4 amide bonds. The number of benzene rings is 2. The summed E-state index contributed by atoms with van der Waals surface area (Å²) in [5, 5.41) is 7.33. The van der Waals surface area contributed by atoms with Gasteiger partial charge in [-0.2, -0.15) is 0 Å². The summed E-state index contributed by atoms with van der Waals surface area (Å²) in [7, 11) is 3.39. The van der Waals surface area contributed by atoms with Crippen molar-refractivity contribution in [3.05, 3.63) is 59.7 Å². The van der Waals surface area contributed by atoms with Gasteiger partial charge in [0.05, 0.1) is 10.8 Å². The number of rotatable bonds is 1. The molecule has 0 aromatic heterocycles. The molecular formula is C30H32N6O4. The molecule has 6 aliphatic rings. The Labute approximate surface area is 232 Å². The Morgan fingerprint density at radius 2 is 1.00 bits per heavy atom. The minimum atomic E-state index is -0.783. The third kappa shape index (κ3) is 2.36. The maximum Gasteiger partial charge on any atom is 0.247 e. The van der Waals surface area contributed by atoms with E-state index in [1.807, 2.05) is 36.4 Å². The first-order valence-corrected chi connectivity index (χ1v) is 14.0. The number of fused-ring (bicyclic) bond motifs is 11. The minimum Gasteiger partial charge on any atom is -0.364 e. The molecular weight excluding hydrogens is 508 g/mol. The van der Waals surface area contributed by atoms with Gasteiger partial charge in [0.25, 0.3) is 0 Å². The number of para-hydroxylation sites is 2. The molecule has 4 saturated heterocycles. The van der Waals surface area contributed by atoms with Gasteiger partial charge in [0.1, 0.15) is 36.5 Å². The van der Waals surface area contributed by atoms with Gasteiger partial charge < -0.3 is 30.2 Å². The first-order valence-electron chi connectivity index (χ1n) is 14.0. The van der Waals surface area contributed by atoms with E-state index in [-0.39, 0.29) is 23.6 Å². The van der Waals surface area contributed by atoms with Crippen LogP contribution in [0, 0.1) is 0 Å². The fourth-order valence-electron chi connectivity index (χ4n) is 8.98. The Hall–Kier alpha value is -4.08.